The lowest BCUT2D eigenvalue weighted by atomic mass is 10.0. The van der Waals surface area contributed by atoms with Crippen LogP contribution < -0.4 is 0 Å². The third-order valence-corrected chi connectivity index (χ3v) is 2.86. The van der Waals surface area contributed by atoms with E-state index in [1.807, 2.05) is 13.0 Å². The van der Waals surface area contributed by atoms with Crippen molar-refractivity contribution in [3.63, 3.8) is 0 Å². The van der Waals surface area contributed by atoms with Gasteiger partial charge in [0.1, 0.15) is 5.82 Å². The fourth-order valence-electron chi connectivity index (χ4n) is 1.96. The summed E-state index contributed by atoms with van der Waals surface area (Å²) in [7, 11) is 1.27. The minimum absolute atomic E-state index is 0.198. The van der Waals surface area contributed by atoms with Gasteiger partial charge in [0.2, 0.25) is 0 Å². The van der Waals surface area contributed by atoms with Crippen molar-refractivity contribution >= 4 is 5.97 Å². The molecule has 0 saturated carbocycles. The molecule has 0 saturated heterocycles. The first-order valence-electron chi connectivity index (χ1n) is 5.99. The molecule has 19 heavy (non-hydrogen) atoms. The standard InChI is InChI=1S/C15H14FNO2/c1-3-14-13(5-4-6-17-14)10-7-11(15(18)19-2)9-12(16)8-10/h4-9H,3H2,1-2H3. The topological polar surface area (TPSA) is 39.2 Å². The summed E-state index contributed by atoms with van der Waals surface area (Å²) in [6.45, 7) is 1.98. The predicted molar refractivity (Wildman–Crippen MR) is 70.3 cm³/mol. The smallest absolute Gasteiger partial charge is 0.337 e. The van der Waals surface area contributed by atoms with Crippen LogP contribution in [0.1, 0.15) is 23.0 Å². The third kappa shape index (κ3) is 2.78. The van der Waals surface area contributed by atoms with Crippen molar-refractivity contribution in [3.8, 4) is 11.1 Å². The Labute approximate surface area is 111 Å². The van der Waals surface area contributed by atoms with Gasteiger partial charge in [-0.05, 0) is 36.2 Å². The van der Waals surface area contributed by atoms with Crippen LogP contribution in [-0.4, -0.2) is 18.1 Å². The van der Waals surface area contributed by atoms with Crippen molar-refractivity contribution < 1.29 is 13.9 Å². The van der Waals surface area contributed by atoms with E-state index in [9.17, 15) is 9.18 Å². The molecule has 0 fully saturated rings. The van der Waals surface area contributed by atoms with E-state index < -0.39 is 11.8 Å². The number of methoxy groups -OCH3 is 1. The first kappa shape index (κ1) is 13.2. The second kappa shape index (κ2) is 5.61. The fourth-order valence-corrected chi connectivity index (χ4v) is 1.96. The zero-order valence-electron chi connectivity index (χ0n) is 10.8. The first-order valence-corrected chi connectivity index (χ1v) is 5.99. The lowest BCUT2D eigenvalue weighted by Gasteiger charge is -2.08. The number of aromatic nitrogens is 1. The molecule has 1 aromatic carbocycles. The van der Waals surface area contributed by atoms with Crippen LogP contribution in [0.5, 0.6) is 0 Å². The lowest BCUT2D eigenvalue weighted by Crippen LogP contribution is -2.02. The number of esters is 1. The highest BCUT2D eigenvalue weighted by Crippen LogP contribution is 2.25. The van der Waals surface area contributed by atoms with Gasteiger partial charge < -0.3 is 4.74 Å². The minimum Gasteiger partial charge on any atom is -0.465 e. The fraction of sp³-hybridized carbons (Fsp3) is 0.200. The Bertz CT molecular complexity index is 611. The molecule has 0 spiro atoms. The van der Waals surface area contributed by atoms with Crippen molar-refractivity contribution in [2.45, 2.75) is 13.3 Å². The number of nitrogens with zero attached hydrogens (tertiary/aromatic N) is 1. The van der Waals surface area contributed by atoms with Gasteiger partial charge in [-0.15, -0.1) is 0 Å². The van der Waals surface area contributed by atoms with Gasteiger partial charge in [0.15, 0.2) is 0 Å². The van der Waals surface area contributed by atoms with Crippen LogP contribution in [0.2, 0.25) is 0 Å². The Balaban J connectivity index is 2.56. The summed E-state index contributed by atoms with van der Waals surface area (Å²) in [5.74, 6) is -1.02. The van der Waals surface area contributed by atoms with Crippen LogP contribution >= 0.6 is 0 Å². The van der Waals surface area contributed by atoms with Crippen LogP contribution in [0.4, 0.5) is 4.39 Å². The molecule has 0 bridgehead atoms. The normalized spacial score (nSPS) is 10.3. The van der Waals surface area contributed by atoms with Crippen molar-refractivity contribution in [2.75, 3.05) is 7.11 Å². The predicted octanol–water partition coefficient (Wildman–Crippen LogP) is 3.24. The molecule has 98 valence electrons. The second-order valence-electron chi connectivity index (χ2n) is 4.07. The van der Waals surface area contributed by atoms with Crippen LogP contribution in [0.15, 0.2) is 36.5 Å². The van der Waals surface area contributed by atoms with Crippen molar-refractivity contribution in [1.82, 2.24) is 4.98 Å². The molecule has 2 rings (SSSR count). The summed E-state index contributed by atoms with van der Waals surface area (Å²) in [4.78, 5) is 15.8. The molecular formula is C15H14FNO2. The number of rotatable bonds is 3. The number of aryl methyl sites for hydroxylation is 1. The Hall–Kier alpha value is -2.23. The van der Waals surface area contributed by atoms with Crippen molar-refractivity contribution in [3.05, 3.63) is 53.6 Å². The SMILES string of the molecule is CCc1ncccc1-c1cc(F)cc(C(=O)OC)c1. The Morgan fingerprint density at radius 2 is 2.16 bits per heavy atom. The highest BCUT2D eigenvalue weighted by Gasteiger charge is 2.12. The van der Waals surface area contributed by atoms with E-state index in [1.165, 1.54) is 13.2 Å². The summed E-state index contributed by atoms with van der Waals surface area (Å²) in [5, 5.41) is 0. The maximum absolute atomic E-state index is 13.6. The van der Waals surface area contributed by atoms with E-state index in [0.717, 1.165) is 23.7 Å². The van der Waals surface area contributed by atoms with Gasteiger partial charge in [-0.3, -0.25) is 4.98 Å². The molecule has 0 aliphatic heterocycles. The first-order chi connectivity index (χ1) is 9.15. The van der Waals surface area contributed by atoms with E-state index in [0.29, 0.717) is 5.56 Å². The van der Waals surface area contributed by atoms with Gasteiger partial charge in [-0.1, -0.05) is 13.0 Å². The van der Waals surface area contributed by atoms with Crippen LogP contribution in [-0.2, 0) is 11.2 Å². The molecular weight excluding hydrogens is 245 g/mol. The number of benzene rings is 1. The highest BCUT2D eigenvalue weighted by molar-refractivity contribution is 5.91. The molecule has 3 nitrogen and oxygen atoms in total. The van der Waals surface area contributed by atoms with Gasteiger partial charge >= 0.3 is 5.97 Å². The number of carbonyl (C=O) groups excluding carboxylic acids is 1. The van der Waals surface area contributed by atoms with Crippen molar-refractivity contribution in [1.29, 1.82) is 0 Å². The highest BCUT2D eigenvalue weighted by atomic mass is 19.1. The second-order valence-corrected chi connectivity index (χ2v) is 4.07. The average molecular weight is 259 g/mol. The Morgan fingerprint density at radius 1 is 1.37 bits per heavy atom. The van der Waals surface area contributed by atoms with Gasteiger partial charge in [-0.2, -0.15) is 0 Å². The molecule has 0 aliphatic rings. The molecule has 0 radical (unpaired) electrons. The van der Waals surface area contributed by atoms with Crippen molar-refractivity contribution in [2.24, 2.45) is 0 Å². The number of hydrogen-bond acceptors (Lipinski definition) is 3. The van der Waals surface area contributed by atoms with E-state index in [2.05, 4.69) is 9.72 Å². The van der Waals surface area contributed by atoms with E-state index in [-0.39, 0.29) is 5.56 Å². The Kier molecular flexibility index (Phi) is 3.90. The number of hydrogen-bond donors (Lipinski definition) is 0. The average Bonchev–Trinajstić information content (AvgIpc) is 2.45. The number of pyridine rings is 1. The molecule has 1 aromatic heterocycles. The largest absolute Gasteiger partial charge is 0.465 e. The minimum atomic E-state index is -0.553. The summed E-state index contributed by atoms with van der Waals surface area (Å²) >= 11 is 0. The van der Waals surface area contributed by atoms with Gasteiger partial charge in [0.05, 0.1) is 12.7 Å². The lowest BCUT2D eigenvalue weighted by molar-refractivity contribution is 0.0600. The maximum Gasteiger partial charge on any atom is 0.337 e. The third-order valence-electron chi connectivity index (χ3n) is 2.86. The summed E-state index contributed by atoms with van der Waals surface area (Å²) < 4.78 is 18.2. The molecule has 2 aromatic rings. The van der Waals surface area contributed by atoms with Gasteiger partial charge in [-0.25, -0.2) is 9.18 Å². The summed E-state index contributed by atoms with van der Waals surface area (Å²) in [5.41, 5.74) is 2.52. The van der Waals surface area contributed by atoms with E-state index in [1.54, 1.807) is 18.3 Å². The monoisotopic (exact) mass is 259 g/mol. The summed E-state index contributed by atoms with van der Waals surface area (Å²) in [6.07, 6.45) is 2.43. The molecule has 1 heterocycles. The van der Waals surface area contributed by atoms with E-state index >= 15 is 0 Å². The Morgan fingerprint density at radius 3 is 2.84 bits per heavy atom. The molecule has 0 unspecified atom stereocenters. The van der Waals surface area contributed by atoms with E-state index in [4.69, 9.17) is 0 Å². The molecule has 0 atom stereocenters. The zero-order valence-corrected chi connectivity index (χ0v) is 10.8. The number of halogens is 1. The van der Waals surface area contributed by atoms with Crippen LogP contribution in [0.3, 0.4) is 0 Å². The zero-order chi connectivity index (χ0) is 13.8. The maximum atomic E-state index is 13.6. The quantitative estimate of drug-likeness (QED) is 0.794. The molecule has 0 N–H and O–H groups in total. The van der Waals surface area contributed by atoms with Crippen LogP contribution in [0, 0.1) is 5.82 Å². The van der Waals surface area contributed by atoms with Gasteiger partial charge in [0.25, 0.3) is 0 Å². The number of ether oxygens (including phenoxy) is 1. The molecule has 0 amide bonds. The molecule has 0 aliphatic carbocycles. The molecule has 4 heteroatoms. The summed E-state index contributed by atoms with van der Waals surface area (Å²) in [6, 6.07) is 7.82. The number of carbonyl (C=O) groups is 1. The van der Waals surface area contributed by atoms with Gasteiger partial charge in [0, 0.05) is 17.5 Å². The van der Waals surface area contributed by atoms with Crippen LogP contribution in [0.25, 0.3) is 11.1 Å².